The Hall–Kier alpha value is -2.46. The minimum atomic E-state index is -0.840. The largest absolute Gasteiger partial charge is 0.390 e. The van der Waals surface area contributed by atoms with Crippen LogP contribution < -0.4 is 11.4 Å². The second kappa shape index (κ2) is 8.62. The van der Waals surface area contributed by atoms with Gasteiger partial charge in [0.1, 0.15) is 6.10 Å². The molecule has 2 bridgehead atoms. The molecule has 2 aromatic rings. The van der Waals surface area contributed by atoms with Crippen LogP contribution in [0.3, 0.4) is 0 Å². The summed E-state index contributed by atoms with van der Waals surface area (Å²) in [6, 6.07) is 9.28. The van der Waals surface area contributed by atoms with Gasteiger partial charge in [0.2, 0.25) is 0 Å². The number of fused-ring (bicyclic) bond motifs is 2. The topological polar surface area (TPSA) is 100 Å². The van der Waals surface area contributed by atoms with E-state index >= 15 is 0 Å². The molecule has 43 heavy (non-hydrogen) atoms. The molecular formula is C34H43N3O6. The van der Waals surface area contributed by atoms with Crippen LogP contribution in [0.4, 0.5) is 0 Å². The SMILES string of the molecule is C[C@@H](OC1CCCCO1)[C@H]1CC[C@@H]2[C@]1(C)CC[C@H]1[C@]23C=C[C@]2(C[C@@H](O)[C@@H]4O[C@@H]4[C@]12C)n1c(=O)n(-c2ccccc2)c(=O)n13. The van der Waals surface area contributed by atoms with Gasteiger partial charge in [-0.05, 0) is 87.2 Å². The van der Waals surface area contributed by atoms with Crippen LogP contribution in [0.15, 0.2) is 52.1 Å². The first-order valence-corrected chi connectivity index (χ1v) is 16.5. The summed E-state index contributed by atoms with van der Waals surface area (Å²) in [6.07, 6.45) is 10.8. The van der Waals surface area contributed by atoms with Crippen molar-refractivity contribution in [2.75, 3.05) is 6.61 Å². The summed E-state index contributed by atoms with van der Waals surface area (Å²) in [5.41, 5.74) is -2.07. The molecule has 8 aliphatic rings. The molecule has 1 aromatic carbocycles. The third-order valence-electron chi connectivity index (χ3n) is 13.6. The minimum absolute atomic E-state index is 0.0330. The summed E-state index contributed by atoms with van der Waals surface area (Å²) >= 11 is 0. The number of epoxide rings is 1. The van der Waals surface area contributed by atoms with E-state index in [0.717, 1.165) is 51.6 Å². The molecule has 9 nitrogen and oxygen atoms in total. The lowest BCUT2D eigenvalue weighted by molar-refractivity contribution is -0.218. The van der Waals surface area contributed by atoms with Crippen molar-refractivity contribution in [2.45, 2.75) is 114 Å². The van der Waals surface area contributed by atoms with Crippen molar-refractivity contribution in [1.82, 2.24) is 13.9 Å². The van der Waals surface area contributed by atoms with E-state index in [2.05, 4.69) is 32.9 Å². The maximum Gasteiger partial charge on any atom is 0.352 e. The molecule has 0 amide bonds. The molecule has 2 spiro atoms. The van der Waals surface area contributed by atoms with Gasteiger partial charge in [-0.3, -0.25) is 0 Å². The molecule has 10 rings (SSSR count). The van der Waals surface area contributed by atoms with E-state index in [4.69, 9.17) is 14.2 Å². The van der Waals surface area contributed by atoms with Crippen molar-refractivity contribution in [2.24, 2.45) is 28.6 Å². The van der Waals surface area contributed by atoms with E-state index < -0.39 is 22.6 Å². The highest BCUT2D eigenvalue weighted by atomic mass is 16.7. The van der Waals surface area contributed by atoms with Gasteiger partial charge in [0.15, 0.2) is 6.29 Å². The lowest BCUT2D eigenvalue weighted by Crippen LogP contribution is -2.78. The lowest BCUT2D eigenvalue weighted by Gasteiger charge is -2.70. The average Bonchev–Trinajstić information content (AvgIpc) is 3.68. The molecule has 5 heterocycles. The standard InChI is InChI=1S/C34H43N3O6/c1-20(42-26-11-7-8-18-41-26)22-12-13-24-31(22,2)15-14-25-32(3)28-27(43-28)23(38)19-33(32)16-17-34(24,25)37-30(40)35(29(39)36(33)37)21-9-5-4-6-10-21/h4-6,9-10,16-17,20,22-28,38H,7-8,11-15,18-19H2,1-3H3/t20-,22-,23-,24-,25-,26?,27+,28+,31-,32+,33-,34+/m1/s1. The van der Waals surface area contributed by atoms with Gasteiger partial charge in [-0.1, -0.05) is 44.2 Å². The number of hydrogen-bond acceptors (Lipinski definition) is 6. The number of hydrogen-bond donors (Lipinski definition) is 1. The van der Waals surface area contributed by atoms with E-state index in [9.17, 15) is 14.7 Å². The fourth-order valence-corrected chi connectivity index (χ4v) is 11.7. The van der Waals surface area contributed by atoms with Gasteiger partial charge in [-0.25, -0.2) is 23.5 Å². The fraction of sp³-hybridized carbons (Fsp3) is 0.706. The molecule has 12 atom stereocenters. The Balaban J connectivity index is 1.23. The number of aromatic nitrogens is 3. The normalized spacial score (nSPS) is 47.7. The molecule has 1 N–H and O–H groups in total. The number of nitrogens with zero attached hydrogens (tertiary/aromatic N) is 3. The van der Waals surface area contributed by atoms with Gasteiger partial charge in [-0.15, -0.1) is 0 Å². The number of para-hydroxylation sites is 1. The van der Waals surface area contributed by atoms with Crippen LogP contribution in [0, 0.1) is 28.6 Å². The van der Waals surface area contributed by atoms with Crippen molar-refractivity contribution < 1.29 is 19.3 Å². The molecule has 4 aliphatic heterocycles. The number of rotatable bonds is 4. The summed E-state index contributed by atoms with van der Waals surface area (Å²) in [6.45, 7) is 7.67. The monoisotopic (exact) mass is 589 g/mol. The zero-order valence-electron chi connectivity index (χ0n) is 25.4. The van der Waals surface area contributed by atoms with Gasteiger partial charge in [-0.2, -0.15) is 0 Å². The predicted molar refractivity (Wildman–Crippen MR) is 158 cm³/mol. The van der Waals surface area contributed by atoms with Crippen molar-refractivity contribution in [3.63, 3.8) is 0 Å². The van der Waals surface area contributed by atoms with Gasteiger partial charge in [0.25, 0.3) is 0 Å². The first-order chi connectivity index (χ1) is 20.7. The first-order valence-electron chi connectivity index (χ1n) is 16.5. The number of benzene rings is 1. The molecule has 9 heteroatoms. The van der Waals surface area contributed by atoms with E-state index in [1.807, 2.05) is 35.0 Å². The molecule has 2 saturated heterocycles. The number of aliphatic hydroxyl groups is 1. The molecular weight excluding hydrogens is 546 g/mol. The maximum atomic E-state index is 14.7. The van der Waals surface area contributed by atoms with E-state index in [0.29, 0.717) is 18.0 Å². The van der Waals surface area contributed by atoms with E-state index in [1.165, 1.54) is 4.57 Å². The Morgan fingerprint density at radius 3 is 2.53 bits per heavy atom. The van der Waals surface area contributed by atoms with Crippen LogP contribution in [-0.2, 0) is 25.3 Å². The van der Waals surface area contributed by atoms with Crippen LogP contribution in [0.25, 0.3) is 5.69 Å². The lowest BCUT2D eigenvalue weighted by atomic mass is 9.40. The zero-order chi connectivity index (χ0) is 29.5. The highest BCUT2D eigenvalue weighted by Crippen LogP contribution is 2.75. The van der Waals surface area contributed by atoms with Crippen LogP contribution in [0.1, 0.15) is 72.1 Å². The minimum Gasteiger partial charge on any atom is -0.390 e. The Morgan fingerprint density at radius 1 is 0.977 bits per heavy atom. The molecule has 4 aliphatic carbocycles. The van der Waals surface area contributed by atoms with Gasteiger partial charge >= 0.3 is 11.4 Å². The van der Waals surface area contributed by atoms with Crippen molar-refractivity contribution in [3.8, 4) is 5.69 Å². The van der Waals surface area contributed by atoms with Crippen molar-refractivity contribution in [1.29, 1.82) is 0 Å². The second-order valence-electron chi connectivity index (χ2n) is 15.1. The third-order valence-corrected chi connectivity index (χ3v) is 13.6. The molecule has 230 valence electrons. The number of aliphatic hydroxyl groups excluding tert-OH is 1. The van der Waals surface area contributed by atoms with E-state index in [-0.39, 0.29) is 53.2 Å². The van der Waals surface area contributed by atoms with Crippen molar-refractivity contribution in [3.05, 3.63) is 63.5 Å². The third kappa shape index (κ3) is 3.03. The molecule has 0 radical (unpaired) electrons. The van der Waals surface area contributed by atoms with Crippen LogP contribution in [0.2, 0.25) is 0 Å². The molecule has 5 fully saturated rings. The Labute approximate surface area is 251 Å². The smallest absolute Gasteiger partial charge is 0.352 e. The van der Waals surface area contributed by atoms with Crippen molar-refractivity contribution >= 4 is 0 Å². The number of ether oxygens (including phenoxy) is 3. The summed E-state index contributed by atoms with van der Waals surface area (Å²) in [7, 11) is 0. The fourth-order valence-electron chi connectivity index (χ4n) is 11.7. The van der Waals surface area contributed by atoms with Crippen LogP contribution >= 0.6 is 0 Å². The maximum absolute atomic E-state index is 14.7. The Morgan fingerprint density at radius 2 is 1.77 bits per heavy atom. The predicted octanol–water partition coefficient (Wildman–Crippen LogP) is 3.69. The molecule has 3 saturated carbocycles. The van der Waals surface area contributed by atoms with Gasteiger partial charge < -0.3 is 19.3 Å². The Bertz CT molecular complexity index is 1620. The van der Waals surface area contributed by atoms with Crippen LogP contribution in [0.5, 0.6) is 0 Å². The quantitative estimate of drug-likeness (QED) is 0.432. The second-order valence-corrected chi connectivity index (χ2v) is 15.1. The summed E-state index contributed by atoms with van der Waals surface area (Å²) in [4.78, 5) is 29.3. The van der Waals surface area contributed by atoms with Gasteiger partial charge in [0.05, 0.1) is 35.1 Å². The Kier molecular flexibility index (Phi) is 5.39. The van der Waals surface area contributed by atoms with Crippen LogP contribution in [-0.4, -0.2) is 56.4 Å². The zero-order valence-corrected chi connectivity index (χ0v) is 25.4. The summed E-state index contributed by atoms with van der Waals surface area (Å²) in [5.74, 6) is 0.566. The van der Waals surface area contributed by atoms with E-state index in [1.54, 1.807) is 4.68 Å². The average molecular weight is 590 g/mol. The highest BCUT2D eigenvalue weighted by Gasteiger charge is 2.81. The molecule has 1 unspecified atom stereocenters. The highest BCUT2D eigenvalue weighted by molar-refractivity contribution is 5.40. The first kappa shape index (κ1) is 26.9. The summed E-state index contributed by atoms with van der Waals surface area (Å²) < 4.78 is 23.9. The van der Waals surface area contributed by atoms with Gasteiger partial charge in [0, 0.05) is 18.4 Å². The summed E-state index contributed by atoms with van der Waals surface area (Å²) in [5, 5.41) is 11.2. The molecule has 1 aromatic heterocycles. The number of allylic oxidation sites excluding steroid dienone is 2.